The Morgan fingerprint density at radius 2 is 1.91 bits per heavy atom. The Hall–Kier alpha value is -3.88. The molecule has 1 atom stereocenters. The fourth-order valence-electron chi connectivity index (χ4n) is 4.03. The monoisotopic (exact) mass is 505 g/mol. The maximum atomic E-state index is 13.8. The third kappa shape index (κ3) is 4.00. The van der Waals surface area contributed by atoms with E-state index in [-0.39, 0.29) is 16.3 Å². The lowest BCUT2D eigenvalue weighted by molar-refractivity contribution is -0.117. The fourth-order valence-corrected chi connectivity index (χ4v) is 5.23. The van der Waals surface area contributed by atoms with Crippen LogP contribution in [0.5, 0.6) is 0 Å². The van der Waals surface area contributed by atoms with E-state index >= 15 is 0 Å². The molecule has 1 unspecified atom stereocenters. The van der Waals surface area contributed by atoms with Crippen LogP contribution in [-0.2, 0) is 4.79 Å². The zero-order valence-corrected chi connectivity index (χ0v) is 19.8. The molecule has 0 aliphatic carbocycles. The Balaban J connectivity index is 1.63. The Labute approximate surface area is 209 Å². The second-order valence-corrected chi connectivity index (χ2v) is 9.26. The third-order valence-electron chi connectivity index (χ3n) is 5.66. The van der Waals surface area contributed by atoms with Crippen molar-refractivity contribution in [3.05, 3.63) is 111 Å². The van der Waals surface area contributed by atoms with E-state index in [1.807, 2.05) is 30.3 Å². The number of Topliss-reactive ketones (excluding diaryl/α,β-unsaturated/α-hetero) is 1. The van der Waals surface area contributed by atoms with Crippen LogP contribution in [0.25, 0.3) is 10.6 Å². The van der Waals surface area contributed by atoms with Gasteiger partial charge in [-0.15, -0.1) is 11.3 Å². The van der Waals surface area contributed by atoms with Crippen molar-refractivity contribution in [1.29, 1.82) is 0 Å². The average molecular weight is 506 g/mol. The zero-order valence-electron chi connectivity index (χ0n) is 18.3. The van der Waals surface area contributed by atoms with Crippen LogP contribution in [0.1, 0.15) is 27.0 Å². The molecular formula is C26H17ClFN3O3S. The van der Waals surface area contributed by atoms with Crippen LogP contribution in [0.2, 0.25) is 5.02 Å². The first kappa shape index (κ1) is 22.9. The van der Waals surface area contributed by atoms with Gasteiger partial charge < -0.3 is 5.11 Å². The summed E-state index contributed by atoms with van der Waals surface area (Å²) in [7, 11) is 0. The van der Waals surface area contributed by atoms with E-state index in [0.717, 1.165) is 11.6 Å². The molecule has 2 aromatic carbocycles. The van der Waals surface area contributed by atoms with Gasteiger partial charge in [0, 0.05) is 23.6 Å². The normalized spacial score (nSPS) is 15.7. The molecule has 0 spiro atoms. The summed E-state index contributed by atoms with van der Waals surface area (Å²) in [6.07, 6.45) is 3.07. The van der Waals surface area contributed by atoms with Crippen molar-refractivity contribution >= 4 is 40.3 Å². The second kappa shape index (κ2) is 9.05. The van der Waals surface area contributed by atoms with Gasteiger partial charge in [-0.05, 0) is 36.8 Å². The van der Waals surface area contributed by atoms with E-state index in [9.17, 15) is 19.1 Å². The molecule has 1 amide bonds. The summed E-state index contributed by atoms with van der Waals surface area (Å²) in [5.74, 6) is -2.64. The van der Waals surface area contributed by atoms with Crippen LogP contribution < -0.4 is 4.90 Å². The van der Waals surface area contributed by atoms with Crippen LogP contribution in [0.15, 0.2) is 84.4 Å². The number of aryl methyl sites for hydroxylation is 1. The molecule has 9 heteroatoms. The Kier molecular flexibility index (Phi) is 5.92. The molecule has 0 saturated heterocycles. The number of aliphatic hydroxyl groups is 1. The van der Waals surface area contributed by atoms with Gasteiger partial charge in [0.1, 0.15) is 10.8 Å². The van der Waals surface area contributed by atoms with E-state index in [0.29, 0.717) is 21.1 Å². The standard InChI is InChI=1S/C26H17ClFN3O3S/c1-14-24(35-25(30-14)15-6-3-2-4-7-15)22(32)20-21(16-8-5-11-29-13-16)31(26(34)23(20)33)17-9-10-19(28)18(27)12-17/h2-13,21,33H,1H3. The van der Waals surface area contributed by atoms with Crippen molar-refractivity contribution < 1.29 is 19.1 Å². The Morgan fingerprint density at radius 3 is 2.60 bits per heavy atom. The quantitative estimate of drug-likeness (QED) is 0.332. The number of amides is 1. The lowest BCUT2D eigenvalue weighted by Gasteiger charge is -2.26. The smallest absolute Gasteiger partial charge is 0.294 e. The minimum absolute atomic E-state index is 0.102. The van der Waals surface area contributed by atoms with Crippen molar-refractivity contribution in [3.63, 3.8) is 0 Å². The number of ketones is 1. The van der Waals surface area contributed by atoms with Crippen LogP contribution in [0, 0.1) is 12.7 Å². The number of rotatable bonds is 5. The molecule has 5 rings (SSSR count). The topological polar surface area (TPSA) is 83.4 Å². The van der Waals surface area contributed by atoms with Crippen molar-refractivity contribution in [2.45, 2.75) is 13.0 Å². The second-order valence-electron chi connectivity index (χ2n) is 7.85. The predicted molar refractivity (Wildman–Crippen MR) is 132 cm³/mol. The number of benzene rings is 2. The summed E-state index contributed by atoms with van der Waals surface area (Å²) in [4.78, 5) is 37.2. The summed E-state index contributed by atoms with van der Waals surface area (Å²) >= 11 is 7.16. The van der Waals surface area contributed by atoms with Crippen LogP contribution >= 0.6 is 22.9 Å². The molecule has 4 aromatic rings. The number of carbonyl (C=O) groups is 2. The lowest BCUT2D eigenvalue weighted by Crippen LogP contribution is -2.31. The largest absolute Gasteiger partial charge is 0.503 e. The van der Waals surface area contributed by atoms with E-state index in [1.54, 1.807) is 25.3 Å². The van der Waals surface area contributed by atoms with E-state index in [2.05, 4.69) is 9.97 Å². The van der Waals surface area contributed by atoms with Crippen LogP contribution in [0.4, 0.5) is 10.1 Å². The highest BCUT2D eigenvalue weighted by atomic mass is 35.5. The predicted octanol–water partition coefficient (Wildman–Crippen LogP) is 6.09. The fraction of sp³-hybridized carbons (Fsp3) is 0.0769. The average Bonchev–Trinajstić information content (AvgIpc) is 3.39. The third-order valence-corrected chi connectivity index (χ3v) is 7.15. The van der Waals surface area contributed by atoms with Gasteiger partial charge in [-0.3, -0.25) is 19.5 Å². The summed E-state index contributed by atoms with van der Waals surface area (Å²) in [6, 6.07) is 15.6. The van der Waals surface area contributed by atoms with Crippen LogP contribution in [-0.4, -0.2) is 26.8 Å². The number of nitrogens with zero attached hydrogens (tertiary/aromatic N) is 3. The first-order chi connectivity index (χ1) is 16.9. The lowest BCUT2D eigenvalue weighted by atomic mass is 9.96. The zero-order chi connectivity index (χ0) is 24.7. The first-order valence-electron chi connectivity index (χ1n) is 10.6. The van der Waals surface area contributed by atoms with Crippen molar-refractivity contribution in [1.82, 2.24) is 9.97 Å². The molecule has 0 saturated carbocycles. The van der Waals surface area contributed by atoms with Crippen LogP contribution in [0.3, 0.4) is 0 Å². The molecule has 174 valence electrons. The maximum Gasteiger partial charge on any atom is 0.294 e. The van der Waals surface area contributed by atoms with Gasteiger partial charge in [0.15, 0.2) is 5.76 Å². The highest BCUT2D eigenvalue weighted by molar-refractivity contribution is 7.17. The highest BCUT2D eigenvalue weighted by Gasteiger charge is 2.45. The number of halogens is 2. The molecule has 1 N–H and O–H groups in total. The van der Waals surface area contributed by atoms with Crippen molar-refractivity contribution in [2.24, 2.45) is 0 Å². The maximum absolute atomic E-state index is 13.8. The summed E-state index contributed by atoms with van der Waals surface area (Å²) in [5.41, 5.74) is 1.97. The summed E-state index contributed by atoms with van der Waals surface area (Å²) in [6.45, 7) is 1.71. The van der Waals surface area contributed by atoms with E-state index < -0.39 is 29.3 Å². The number of aliphatic hydroxyl groups excluding tert-OH is 1. The van der Waals surface area contributed by atoms with Gasteiger partial charge in [0.05, 0.1) is 27.2 Å². The van der Waals surface area contributed by atoms with Gasteiger partial charge in [-0.2, -0.15) is 0 Å². The van der Waals surface area contributed by atoms with Gasteiger partial charge >= 0.3 is 0 Å². The molecule has 0 radical (unpaired) electrons. The summed E-state index contributed by atoms with van der Waals surface area (Å²) < 4.78 is 13.8. The van der Waals surface area contributed by atoms with Gasteiger partial charge in [-0.25, -0.2) is 9.37 Å². The number of anilines is 1. The van der Waals surface area contributed by atoms with E-state index in [4.69, 9.17) is 11.6 Å². The molecular weight excluding hydrogens is 489 g/mol. The van der Waals surface area contributed by atoms with Crippen molar-refractivity contribution in [2.75, 3.05) is 4.90 Å². The SMILES string of the molecule is Cc1nc(-c2ccccc2)sc1C(=O)C1=C(O)C(=O)N(c2ccc(F)c(Cl)c2)C1c1cccnc1. The summed E-state index contributed by atoms with van der Waals surface area (Å²) in [5, 5.41) is 11.4. The molecule has 1 aliphatic heterocycles. The first-order valence-corrected chi connectivity index (χ1v) is 11.8. The van der Waals surface area contributed by atoms with Gasteiger partial charge in [-0.1, -0.05) is 48.0 Å². The molecule has 0 bridgehead atoms. The van der Waals surface area contributed by atoms with E-state index in [1.165, 1.54) is 34.6 Å². The molecule has 6 nitrogen and oxygen atoms in total. The molecule has 0 fully saturated rings. The van der Waals surface area contributed by atoms with Gasteiger partial charge in [0.25, 0.3) is 5.91 Å². The minimum atomic E-state index is -0.994. The number of hydrogen-bond donors (Lipinski definition) is 1. The Bertz CT molecular complexity index is 1490. The van der Waals surface area contributed by atoms with Crippen molar-refractivity contribution in [3.8, 4) is 10.6 Å². The number of thiazole rings is 1. The molecule has 35 heavy (non-hydrogen) atoms. The Morgan fingerprint density at radius 1 is 1.14 bits per heavy atom. The number of carbonyl (C=O) groups excluding carboxylic acids is 2. The molecule has 3 heterocycles. The number of aromatic nitrogens is 2. The number of pyridine rings is 1. The number of hydrogen-bond acceptors (Lipinski definition) is 6. The van der Waals surface area contributed by atoms with Gasteiger partial charge in [0.2, 0.25) is 5.78 Å². The highest BCUT2D eigenvalue weighted by Crippen LogP contribution is 2.43. The minimum Gasteiger partial charge on any atom is -0.503 e. The molecule has 1 aliphatic rings. The molecule has 2 aromatic heterocycles.